The Balaban J connectivity index is 2.20. The normalized spacial score (nSPS) is 10.1. The first-order chi connectivity index (χ1) is 9.11. The molecule has 0 bridgehead atoms. The maximum Gasteiger partial charge on any atom is 0.358 e. The van der Waals surface area contributed by atoms with Crippen molar-refractivity contribution in [2.45, 2.75) is 6.92 Å². The van der Waals surface area contributed by atoms with Crippen LogP contribution >= 0.6 is 0 Å². The van der Waals surface area contributed by atoms with Gasteiger partial charge in [0, 0.05) is 11.3 Å². The molecular formula is C13H12FN3O2. The predicted molar refractivity (Wildman–Crippen MR) is 67.8 cm³/mol. The molecule has 5 nitrogen and oxygen atoms in total. The Labute approximate surface area is 109 Å². The lowest BCUT2D eigenvalue weighted by atomic mass is 10.2. The summed E-state index contributed by atoms with van der Waals surface area (Å²) < 4.78 is 17.9. The van der Waals surface area contributed by atoms with Crippen LogP contribution in [0.15, 0.2) is 30.6 Å². The Bertz CT molecular complexity index is 599. The van der Waals surface area contributed by atoms with Gasteiger partial charge >= 0.3 is 5.97 Å². The lowest BCUT2D eigenvalue weighted by molar-refractivity contribution is 0.0593. The summed E-state index contributed by atoms with van der Waals surface area (Å²) in [7, 11) is 1.27. The summed E-state index contributed by atoms with van der Waals surface area (Å²) in [5.41, 5.74) is 1.20. The zero-order valence-corrected chi connectivity index (χ0v) is 10.5. The molecule has 1 heterocycles. The van der Waals surface area contributed by atoms with Crippen LogP contribution in [0, 0.1) is 12.7 Å². The number of benzene rings is 1. The van der Waals surface area contributed by atoms with Gasteiger partial charge in [-0.25, -0.2) is 19.2 Å². The van der Waals surface area contributed by atoms with Crippen LogP contribution in [0.25, 0.3) is 0 Å². The van der Waals surface area contributed by atoms with Crippen LogP contribution in [0.4, 0.5) is 15.9 Å². The van der Waals surface area contributed by atoms with E-state index in [9.17, 15) is 9.18 Å². The van der Waals surface area contributed by atoms with Crippen molar-refractivity contribution in [2.24, 2.45) is 0 Å². The minimum absolute atomic E-state index is 0.115. The van der Waals surface area contributed by atoms with Gasteiger partial charge in [0.25, 0.3) is 0 Å². The van der Waals surface area contributed by atoms with Gasteiger partial charge in [-0.3, -0.25) is 0 Å². The largest absolute Gasteiger partial charge is 0.464 e. The Hall–Kier alpha value is -2.50. The van der Waals surface area contributed by atoms with E-state index in [-0.39, 0.29) is 11.5 Å². The molecule has 0 aliphatic rings. The van der Waals surface area contributed by atoms with Crippen LogP contribution < -0.4 is 5.32 Å². The molecule has 0 amide bonds. The van der Waals surface area contributed by atoms with E-state index < -0.39 is 5.97 Å². The number of esters is 1. The molecule has 0 radical (unpaired) electrons. The first kappa shape index (κ1) is 12.9. The number of methoxy groups -OCH3 is 1. The summed E-state index contributed by atoms with van der Waals surface area (Å²) in [5.74, 6) is -0.438. The summed E-state index contributed by atoms with van der Waals surface area (Å²) in [4.78, 5) is 19.1. The molecule has 1 aromatic heterocycles. The molecule has 0 unspecified atom stereocenters. The maximum atomic E-state index is 13.4. The summed E-state index contributed by atoms with van der Waals surface area (Å²) >= 11 is 0. The number of nitrogens with zero attached hydrogens (tertiary/aromatic N) is 2. The number of rotatable bonds is 3. The molecule has 1 N–H and O–H groups in total. The number of carbonyl (C=O) groups is 1. The van der Waals surface area contributed by atoms with E-state index in [1.54, 1.807) is 19.1 Å². The molecule has 2 rings (SSSR count). The monoisotopic (exact) mass is 261 g/mol. The first-order valence-electron chi connectivity index (χ1n) is 5.54. The molecule has 1 aromatic carbocycles. The summed E-state index contributed by atoms with van der Waals surface area (Å²) in [5, 5.41) is 2.93. The average molecular weight is 261 g/mol. The second-order valence-electron chi connectivity index (χ2n) is 3.82. The summed E-state index contributed by atoms with van der Waals surface area (Å²) in [6, 6.07) is 4.71. The van der Waals surface area contributed by atoms with Crippen LogP contribution in [-0.2, 0) is 4.74 Å². The molecule has 0 atom stereocenters. The van der Waals surface area contributed by atoms with Crippen molar-refractivity contribution >= 4 is 17.5 Å². The van der Waals surface area contributed by atoms with Crippen molar-refractivity contribution in [2.75, 3.05) is 12.4 Å². The van der Waals surface area contributed by atoms with Gasteiger partial charge < -0.3 is 10.1 Å². The molecule has 0 saturated heterocycles. The smallest absolute Gasteiger partial charge is 0.358 e. The van der Waals surface area contributed by atoms with Crippen molar-refractivity contribution in [3.05, 3.63) is 47.7 Å². The van der Waals surface area contributed by atoms with Gasteiger partial charge in [-0.2, -0.15) is 0 Å². The Kier molecular flexibility index (Phi) is 3.70. The van der Waals surface area contributed by atoms with Gasteiger partial charge in [-0.1, -0.05) is 6.07 Å². The highest BCUT2D eigenvalue weighted by molar-refractivity contribution is 5.86. The summed E-state index contributed by atoms with van der Waals surface area (Å²) in [6.07, 6.45) is 2.68. The third-order valence-electron chi connectivity index (χ3n) is 2.58. The highest BCUT2D eigenvalue weighted by Gasteiger charge is 2.08. The van der Waals surface area contributed by atoms with Gasteiger partial charge in [0.15, 0.2) is 5.69 Å². The third-order valence-corrected chi connectivity index (χ3v) is 2.58. The first-order valence-corrected chi connectivity index (χ1v) is 5.54. The number of hydrogen-bond donors (Lipinski definition) is 1. The second-order valence-corrected chi connectivity index (χ2v) is 3.82. The van der Waals surface area contributed by atoms with Crippen molar-refractivity contribution in [1.82, 2.24) is 9.97 Å². The minimum Gasteiger partial charge on any atom is -0.464 e. The van der Waals surface area contributed by atoms with Crippen molar-refractivity contribution in [1.29, 1.82) is 0 Å². The molecule has 2 aromatic rings. The standard InChI is InChI=1S/C13H12FN3O2/c1-8-9(14)4-3-5-10(8)17-12-7-15-11(6-16-12)13(18)19-2/h3-7H,1-2H3,(H,16,17). The van der Waals surface area contributed by atoms with E-state index in [0.29, 0.717) is 17.1 Å². The summed E-state index contributed by atoms with van der Waals surface area (Å²) in [6.45, 7) is 1.66. The molecule has 98 valence electrons. The molecule has 0 aliphatic carbocycles. The molecule has 19 heavy (non-hydrogen) atoms. The van der Waals surface area contributed by atoms with E-state index in [1.807, 2.05) is 0 Å². The SMILES string of the molecule is COC(=O)c1cnc(Nc2cccc(F)c2C)cn1. The van der Waals surface area contributed by atoms with Crippen molar-refractivity contribution in [3.63, 3.8) is 0 Å². The van der Waals surface area contributed by atoms with Crippen LogP contribution in [0.5, 0.6) is 0 Å². The zero-order chi connectivity index (χ0) is 13.8. The number of aromatic nitrogens is 2. The predicted octanol–water partition coefficient (Wildman–Crippen LogP) is 2.45. The van der Waals surface area contributed by atoms with Crippen molar-refractivity contribution < 1.29 is 13.9 Å². The maximum absolute atomic E-state index is 13.4. The Morgan fingerprint density at radius 1 is 1.32 bits per heavy atom. The number of ether oxygens (including phenoxy) is 1. The number of halogens is 1. The second kappa shape index (κ2) is 5.43. The topological polar surface area (TPSA) is 64.1 Å². The molecule has 0 aliphatic heterocycles. The van der Waals surface area contributed by atoms with Gasteiger partial charge in [0.1, 0.15) is 11.6 Å². The lowest BCUT2D eigenvalue weighted by Gasteiger charge is -2.09. The molecule has 6 heteroatoms. The number of hydrogen-bond acceptors (Lipinski definition) is 5. The number of carbonyl (C=O) groups excluding carboxylic acids is 1. The third kappa shape index (κ3) is 2.85. The van der Waals surface area contributed by atoms with E-state index in [2.05, 4.69) is 20.0 Å². The van der Waals surface area contributed by atoms with Gasteiger partial charge in [-0.15, -0.1) is 0 Å². The highest BCUT2D eigenvalue weighted by atomic mass is 19.1. The fourth-order valence-electron chi connectivity index (χ4n) is 1.48. The van der Waals surface area contributed by atoms with Crippen LogP contribution in [0.1, 0.15) is 16.1 Å². The quantitative estimate of drug-likeness (QED) is 0.860. The van der Waals surface area contributed by atoms with Gasteiger partial charge in [0.05, 0.1) is 19.5 Å². The fraction of sp³-hybridized carbons (Fsp3) is 0.154. The zero-order valence-electron chi connectivity index (χ0n) is 10.5. The van der Waals surface area contributed by atoms with Crippen LogP contribution in [0.2, 0.25) is 0 Å². The number of anilines is 2. The Morgan fingerprint density at radius 2 is 2.11 bits per heavy atom. The van der Waals surface area contributed by atoms with Crippen LogP contribution in [-0.4, -0.2) is 23.0 Å². The van der Waals surface area contributed by atoms with E-state index in [1.165, 1.54) is 25.6 Å². The van der Waals surface area contributed by atoms with Crippen molar-refractivity contribution in [3.8, 4) is 0 Å². The Morgan fingerprint density at radius 3 is 2.74 bits per heavy atom. The lowest BCUT2D eigenvalue weighted by Crippen LogP contribution is -2.06. The highest BCUT2D eigenvalue weighted by Crippen LogP contribution is 2.20. The fourth-order valence-corrected chi connectivity index (χ4v) is 1.48. The van der Waals surface area contributed by atoms with E-state index in [0.717, 1.165) is 0 Å². The molecular weight excluding hydrogens is 249 g/mol. The average Bonchev–Trinajstić information content (AvgIpc) is 2.44. The van der Waals surface area contributed by atoms with Crippen LogP contribution in [0.3, 0.4) is 0 Å². The van der Waals surface area contributed by atoms with E-state index >= 15 is 0 Å². The molecule has 0 spiro atoms. The molecule has 0 fully saturated rings. The van der Waals surface area contributed by atoms with E-state index in [4.69, 9.17) is 0 Å². The minimum atomic E-state index is -0.555. The van der Waals surface area contributed by atoms with Gasteiger partial charge in [-0.05, 0) is 19.1 Å². The molecule has 0 saturated carbocycles. The number of nitrogens with one attached hydrogen (secondary N) is 1. The van der Waals surface area contributed by atoms with Gasteiger partial charge in [0.2, 0.25) is 0 Å².